The zero-order chi connectivity index (χ0) is 15.4. The minimum atomic E-state index is -0.440. The molecule has 1 atom stereocenters. The Kier molecular flexibility index (Phi) is 4.98. The number of thiocarbonyl (C=S) groups is 1. The second-order valence-electron chi connectivity index (χ2n) is 4.48. The zero-order valence-corrected chi connectivity index (χ0v) is 13.1. The van der Waals surface area contributed by atoms with Crippen LogP contribution in [0.1, 0.15) is 18.5 Å². The lowest BCUT2D eigenvalue weighted by Gasteiger charge is -2.30. The van der Waals surface area contributed by atoms with Crippen LogP contribution in [-0.4, -0.2) is 17.7 Å². The first-order chi connectivity index (χ1) is 10.0. The molecule has 0 saturated carbocycles. The maximum atomic E-state index is 12.3. The Hall–Kier alpha value is -1.85. The monoisotopic (exact) mass is 322 g/mol. The van der Waals surface area contributed by atoms with Gasteiger partial charge in [-0.2, -0.15) is 0 Å². The lowest BCUT2D eigenvalue weighted by atomic mass is 9.95. The van der Waals surface area contributed by atoms with E-state index in [1.54, 1.807) is 13.0 Å². The van der Waals surface area contributed by atoms with Gasteiger partial charge in [-0.3, -0.25) is 0 Å². The van der Waals surface area contributed by atoms with Crippen LogP contribution < -0.4 is 10.6 Å². The Balaban J connectivity index is 2.43. The van der Waals surface area contributed by atoms with Gasteiger partial charge in [-0.25, -0.2) is 4.79 Å². The summed E-state index contributed by atoms with van der Waals surface area (Å²) in [5.41, 5.74) is 1.88. The number of hydrogen-bond donors (Lipinski definition) is 2. The fourth-order valence-corrected chi connectivity index (χ4v) is 2.64. The molecule has 2 rings (SSSR count). The summed E-state index contributed by atoms with van der Waals surface area (Å²) in [6.07, 6.45) is 1.52. The summed E-state index contributed by atoms with van der Waals surface area (Å²) < 4.78 is 5.15. The Morgan fingerprint density at radius 1 is 1.52 bits per heavy atom. The maximum absolute atomic E-state index is 12.3. The average Bonchev–Trinajstić information content (AvgIpc) is 2.44. The number of hydrogen-bond acceptors (Lipinski definition) is 3. The standard InChI is InChI=1S/C15H15ClN2O2S/c1-3-8-20-14(19)12-9(2)17-15(21)18-13(12)10-6-4-5-7-11(10)16/h3-7,13H,1,8H2,2H3,(H2,17,18,21)/t13-/m1/s1. The minimum absolute atomic E-state index is 0.148. The molecule has 0 radical (unpaired) electrons. The smallest absolute Gasteiger partial charge is 0.338 e. The summed E-state index contributed by atoms with van der Waals surface area (Å²) in [7, 11) is 0. The van der Waals surface area contributed by atoms with Gasteiger partial charge in [0.05, 0.1) is 11.6 Å². The number of esters is 1. The van der Waals surface area contributed by atoms with Crippen molar-refractivity contribution in [2.75, 3.05) is 6.61 Å². The normalized spacial score (nSPS) is 17.8. The number of rotatable bonds is 4. The molecule has 6 heteroatoms. The topological polar surface area (TPSA) is 50.4 Å². The predicted octanol–water partition coefficient (Wildman–Crippen LogP) is 2.86. The van der Waals surface area contributed by atoms with Crippen molar-refractivity contribution in [3.63, 3.8) is 0 Å². The van der Waals surface area contributed by atoms with Crippen molar-refractivity contribution >= 4 is 34.9 Å². The van der Waals surface area contributed by atoms with Crippen LogP contribution in [0, 0.1) is 0 Å². The second kappa shape index (κ2) is 6.74. The molecule has 1 heterocycles. The van der Waals surface area contributed by atoms with E-state index in [1.807, 2.05) is 18.2 Å². The van der Waals surface area contributed by atoms with Crippen LogP contribution in [-0.2, 0) is 9.53 Å². The average molecular weight is 323 g/mol. The van der Waals surface area contributed by atoms with E-state index in [-0.39, 0.29) is 6.61 Å². The summed E-state index contributed by atoms with van der Waals surface area (Å²) in [5, 5.41) is 7.00. The van der Waals surface area contributed by atoms with Crippen LogP contribution in [0.5, 0.6) is 0 Å². The summed E-state index contributed by atoms with van der Waals surface area (Å²) in [6, 6.07) is 6.87. The molecule has 1 aliphatic heterocycles. The fraction of sp³-hybridized carbons (Fsp3) is 0.200. The third-order valence-corrected chi connectivity index (χ3v) is 3.60. The Morgan fingerprint density at radius 2 is 2.24 bits per heavy atom. The lowest BCUT2D eigenvalue weighted by Crippen LogP contribution is -2.45. The Bertz CT molecular complexity index is 628. The first-order valence-electron chi connectivity index (χ1n) is 6.35. The van der Waals surface area contributed by atoms with Crippen molar-refractivity contribution < 1.29 is 9.53 Å². The Morgan fingerprint density at radius 3 is 2.90 bits per heavy atom. The summed E-state index contributed by atoms with van der Waals surface area (Å²) >= 11 is 11.4. The summed E-state index contributed by atoms with van der Waals surface area (Å²) in [4.78, 5) is 12.3. The van der Waals surface area contributed by atoms with Crippen molar-refractivity contribution in [2.45, 2.75) is 13.0 Å². The first-order valence-corrected chi connectivity index (χ1v) is 7.14. The zero-order valence-electron chi connectivity index (χ0n) is 11.5. The van der Waals surface area contributed by atoms with E-state index in [2.05, 4.69) is 17.2 Å². The highest BCUT2D eigenvalue weighted by molar-refractivity contribution is 7.80. The second-order valence-corrected chi connectivity index (χ2v) is 5.29. The number of ether oxygens (including phenoxy) is 1. The fourth-order valence-electron chi connectivity index (χ4n) is 2.12. The molecule has 2 N–H and O–H groups in total. The lowest BCUT2D eigenvalue weighted by molar-refractivity contribution is -0.138. The molecular formula is C15H15ClN2O2S. The molecule has 4 nitrogen and oxygen atoms in total. The van der Waals surface area contributed by atoms with Gasteiger partial charge < -0.3 is 15.4 Å². The molecule has 1 aromatic carbocycles. The number of halogens is 1. The van der Waals surface area contributed by atoms with Gasteiger partial charge in [0.25, 0.3) is 0 Å². The minimum Gasteiger partial charge on any atom is -0.458 e. The quantitative estimate of drug-likeness (QED) is 0.507. The van der Waals surface area contributed by atoms with Crippen molar-refractivity contribution in [1.82, 2.24) is 10.6 Å². The molecule has 1 aromatic rings. The largest absolute Gasteiger partial charge is 0.458 e. The van der Waals surface area contributed by atoms with Crippen LogP contribution in [0.2, 0.25) is 5.02 Å². The summed E-state index contributed by atoms with van der Waals surface area (Å²) in [5.74, 6) is -0.431. The number of nitrogens with one attached hydrogen (secondary N) is 2. The summed E-state index contributed by atoms with van der Waals surface area (Å²) in [6.45, 7) is 5.46. The van der Waals surface area contributed by atoms with E-state index in [1.165, 1.54) is 6.08 Å². The van der Waals surface area contributed by atoms with Gasteiger partial charge in [0.15, 0.2) is 5.11 Å². The molecule has 0 amide bonds. The van der Waals surface area contributed by atoms with E-state index in [0.29, 0.717) is 21.4 Å². The van der Waals surface area contributed by atoms with Gasteiger partial charge >= 0.3 is 5.97 Å². The van der Waals surface area contributed by atoms with E-state index in [0.717, 1.165) is 5.56 Å². The first kappa shape index (κ1) is 15.5. The van der Waals surface area contributed by atoms with Crippen LogP contribution in [0.15, 0.2) is 48.2 Å². The molecule has 21 heavy (non-hydrogen) atoms. The van der Waals surface area contributed by atoms with Crippen LogP contribution in [0.4, 0.5) is 0 Å². The van der Waals surface area contributed by atoms with E-state index in [4.69, 9.17) is 28.6 Å². The van der Waals surface area contributed by atoms with Gasteiger partial charge in [-0.1, -0.05) is 42.5 Å². The Labute approximate surface area is 133 Å². The van der Waals surface area contributed by atoms with E-state index >= 15 is 0 Å². The highest BCUT2D eigenvalue weighted by Crippen LogP contribution is 2.31. The van der Waals surface area contributed by atoms with Crippen molar-refractivity contribution in [2.24, 2.45) is 0 Å². The number of carbonyl (C=O) groups excluding carboxylic acids is 1. The molecular weight excluding hydrogens is 308 g/mol. The molecule has 1 aliphatic rings. The van der Waals surface area contributed by atoms with Gasteiger partial charge in [0.2, 0.25) is 0 Å². The molecule has 0 aromatic heterocycles. The molecule has 110 valence electrons. The van der Waals surface area contributed by atoms with Crippen LogP contribution in [0.3, 0.4) is 0 Å². The molecule has 0 saturated heterocycles. The number of carbonyl (C=O) groups is 1. The highest BCUT2D eigenvalue weighted by atomic mass is 35.5. The van der Waals surface area contributed by atoms with Crippen molar-refractivity contribution in [3.8, 4) is 0 Å². The molecule has 0 bridgehead atoms. The molecule has 0 spiro atoms. The van der Waals surface area contributed by atoms with Crippen molar-refractivity contribution in [3.05, 3.63) is 58.8 Å². The van der Waals surface area contributed by atoms with E-state index < -0.39 is 12.0 Å². The molecule has 0 aliphatic carbocycles. The predicted molar refractivity (Wildman–Crippen MR) is 86.9 cm³/mol. The SMILES string of the molecule is C=CCOC(=O)C1=C(C)NC(=S)N[C@@H]1c1ccccc1Cl. The number of benzene rings is 1. The van der Waals surface area contributed by atoms with E-state index in [9.17, 15) is 4.79 Å². The van der Waals surface area contributed by atoms with Crippen molar-refractivity contribution in [1.29, 1.82) is 0 Å². The maximum Gasteiger partial charge on any atom is 0.338 e. The van der Waals surface area contributed by atoms with Gasteiger partial charge in [0, 0.05) is 10.7 Å². The van der Waals surface area contributed by atoms with Gasteiger partial charge in [0.1, 0.15) is 6.61 Å². The van der Waals surface area contributed by atoms with Gasteiger partial charge in [-0.05, 0) is 30.8 Å². The van der Waals surface area contributed by atoms with Gasteiger partial charge in [-0.15, -0.1) is 0 Å². The molecule has 0 unspecified atom stereocenters. The molecule has 0 fully saturated rings. The highest BCUT2D eigenvalue weighted by Gasteiger charge is 2.31. The number of allylic oxidation sites excluding steroid dienone is 1. The van der Waals surface area contributed by atoms with Crippen LogP contribution in [0.25, 0.3) is 0 Å². The third-order valence-electron chi connectivity index (χ3n) is 3.04. The van der Waals surface area contributed by atoms with Crippen LogP contribution >= 0.6 is 23.8 Å². The third kappa shape index (κ3) is 3.43.